The van der Waals surface area contributed by atoms with Crippen molar-refractivity contribution in [3.8, 4) is 0 Å². The lowest BCUT2D eigenvalue weighted by atomic mass is 10.0. The van der Waals surface area contributed by atoms with Crippen LogP contribution in [0.2, 0.25) is 0 Å². The Morgan fingerprint density at radius 1 is 0.909 bits per heavy atom. The minimum absolute atomic E-state index is 0.0514. The number of halogens is 9. The van der Waals surface area contributed by atoms with Crippen LogP contribution in [0.1, 0.15) is 12.0 Å². The van der Waals surface area contributed by atoms with Gasteiger partial charge >= 0.3 is 36.4 Å². The maximum Gasteiger partial charge on any atom is 0.490 e. The van der Waals surface area contributed by atoms with E-state index in [1.807, 2.05) is 14.1 Å². The highest BCUT2D eigenvalue weighted by Gasteiger charge is 2.47. The molecule has 2 aliphatic heterocycles. The van der Waals surface area contributed by atoms with E-state index in [-0.39, 0.29) is 11.9 Å². The summed E-state index contributed by atoms with van der Waals surface area (Å²) in [7, 11) is 6.18. The molecule has 1 amide bonds. The molecule has 3 heterocycles. The number of nitrogens with zero attached hydrogens (tertiary/aromatic N) is 3. The van der Waals surface area contributed by atoms with Gasteiger partial charge in [-0.05, 0) is 55.9 Å². The summed E-state index contributed by atoms with van der Waals surface area (Å²) in [6, 6.07) is 2.79. The zero-order valence-corrected chi connectivity index (χ0v) is 24.1. The Bertz CT molecular complexity index is 1010. The minimum Gasteiger partial charge on any atom is -0.475 e. The van der Waals surface area contributed by atoms with Crippen LogP contribution in [0, 0.1) is 5.92 Å². The summed E-state index contributed by atoms with van der Waals surface area (Å²) in [5, 5.41) is 28.8. The lowest BCUT2D eigenvalue weighted by molar-refractivity contribution is -0.193. The first-order valence-corrected chi connectivity index (χ1v) is 13.1. The summed E-state index contributed by atoms with van der Waals surface area (Å²) < 4.78 is 95.2. The number of carbonyl (C=O) groups excluding carboxylic acids is 1. The summed E-state index contributed by atoms with van der Waals surface area (Å²) in [6.45, 7) is 4.87. The average molecular weight is 679 g/mol. The van der Waals surface area contributed by atoms with Crippen molar-refractivity contribution >= 4 is 35.2 Å². The third kappa shape index (κ3) is 15.5. The van der Waals surface area contributed by atoms with Crippen molar-refractivity contribution in [3.63, 3.8) is 0 Å². The Hall–Kier alpha value is -3.17. The van der Waals surface area contributed by atoms with E-state index < -0.39 is 36.4 Å². The fourth-order valence-corrected chi connectivity index (χ4v) is 4.56. The van der Waals surface area contributed by atoms with E-state index in [9.17, 15) is 44.3 Å². The number of alkyl halides is 9. The Labute approximate surface area is 248 Å². The molecule has 2 aliphatic rings. The smallest absolute Gasteiger partial charge is 0.475 e. The van der Waals surface area contributed by atoms with E-state index in [1.54, 1.807) is 11.3 Å². The van der Waals surface area contributed by atoms with Crippen molar-refractivity contribution in [2.45, 2.75) is 43.6 Å². The fourth-order valence-electron chi connectivity index (χ4n) is 3.90. The second kappa shape index (κ2) is 17.4. The van der Waals surface area contributed by atoms with Crippen LogP contribution in [0.15, 0.2) is 16.8 Å². The summed E-state index contributed by atoms with van der Waals surface area (Å²) >= 11 is 1.77. The molecule has 1 aromatic heterocycles. The second-order valence-electron chi connectivity index (χ2n) is 9.57. The van der Waals surface area contributed by atoms with Crippen molar-refractivity contribution in [3.05, 3.63) is 22.4 Å². The van der Waals surface area contributed by atoms with Crippen molar-refractivity contribution in [2.24, 2.45) is 5.92 Å². The fraction of sp³-hybridized carbons (Fsp3) is 0.652. The number of carbonyl (C=O) groups is 4. The van der Waals surface area contributed by atoms with Gasteiger partial charge in [-0.25, -0.2) is 14.4 Å². The molecule has 0 aromatic carbocycles. The van der Waals surface area contributed by atoms with E-state index in [0.29, 0.717) is 12.0 Å². The normalized spacial score (nSPS) is 20.2. The molecule has 0 bridgehead atoms. The van der Waals surface area contributed by atoms with Gasteiger partial charge in [-0.3, -0.25) is 14.6 Å². The highest BCUT2D eigenvalue weighted by Crippen LogP contribution is 2.35. The molecule has 0 unspecified atom stereocenters. The topological polar surface area (TPSA) is 151 Å². The first kappa shape index (κ1) is 40.8. The van der Waals surface area contributed by atoms with Gasteiger partial charge in [-0.1, -0.05) is 0 Å². The SMILES string of the molecule is CN(C)CCNC(=O)[C@H]1C[C@H]2CN(Cc3ccsc3)C[C@H]2N1C.O=C(O)C(F)(F)F.O=C(O)C(F)(F)F.O=C(O)C(F)(F)F. The Morgan fingerprint density at radius 3 is 1.70 bits per heavy atom. The lowest BCUT2D eigenvalue weighted by Gasteiger charge is -2.26. The number of nitrogens with one attached hydrogen (secondary N) is 1. The number of likely N-dealkylation sites (tertiary alicyclic amines) is 2. The number of hydrogen-bond donors (Lipinski definition) is 4. The number of likely N-dealkylation sites (N-methyl/N-ethyl adjacent to an activating group) is 2. The van der Waals surface area contributed by atoms with E-state index >= 15 is 0 Å². The highest BCUT2D eigenvalue weighted by atomic mass is 32.1. The summed E-state index contributed by atoms with van der Waals surface area (Å²) in [5.74, 6) is -7.44. The number of carboxylic acid groups (broad SMARTS) is 3. The average Bonchev–Trinajstić information content (AvgIpc) is 3.57. The molecule has 2 fully saturated rings. The number of carboxylic acids is 3. The third-order valence-corrected chi connectivity index (χ3v) is 6.63. The van der Waals surface area contributed by atoms with Gasteiger partial charge in [0.05, 0.1) is 6.04 Å². The van der Waals surface area contributed by atoms with Crippen LogP contribution in [0.3, 0.4) is 0 Å². The molecule has 2 saturated heterocycles. The standard InChI is InChI=1S/C17H28N4OS.3C2HF3O2/c1-19(2)6-5-18-17(22)15-8-14-10-21(11-16(14)20(15)3)9-13-4-7-23-12-13;3*3-2(4,5)1(6)7/h4,7,12,14-16H,5-6,8-11H2,1-3H3,(H,18,22);3*(H,6,7)/t14-,15+,16+;;;/m0.../s1. The molecule has 0 aliphatic carbocycles. The van der Waals surface area contributed by atoms with Gasteiger partial charge in [0.1, 0.15) is 0 Å². The first-order chi connectivity index (χ1) is 19.9. The van der Waals surface area contributed by atoms with Crippen molar-refractivity contribution in [2.75, 3.05) is 47.3 Å². The number of amides is 1. The largest absolute Gasteiger partial charge is 0.490 e. The van der Waals surface area contributed by atoms with E-state index in [4.69, 9.17) is 29.7 Å². The van der Waals surface area contributed by atoms with E-state index in [2.05, 4.69) is 43.9 Å². The first-order valence-electron chi connectivity index (χ1n) is 12.2. The summed E-state index contributed by atoms with van der Waals surface area (Å²) in [4.78, 5) is 46.0. The Kier molecular flexibility index (Phi) is 16.1. The van der Waals surface area contributed by atoms with Crippen LogP contribution in [0.4, 0.5) is 39.5 Å². The van der Waals surface area contributed by atoms with E-state index in [0.717, 1.165) is 39.1 Å². The third-order valence-electron chi connectivity index (χ3n) is 5.90. The summed E-state index contributed by atoms with van der Waals surface area (Å²) in [5.41, 5.74) is 1.41. The van der Waals surface area contributed by atoms with Crippen LogP contribution >= 0.6 is 11.3 Å². The van der Waals surface area contributed by atoms with Crippen molar-refractivity contribution < 1.29 is 74.0 Å². The van der Waals surface area contributed by atoms with Gasteiger partial charge in [0.15, 0.2) is 0 Å². The molecule has 0 radical (unpaired) electrons. The molecule has 4 N–H and O–H groups in total. The van der Waals surface area contributed by atoms with Crippen LogP contribution in [-0.2, 0) is 25.7 Å². The zero-order valence-electron chi connectivity index (χ0n) is 23.3. The van der Waals surface area contributed by atoms with Gasteiger partial charge in [0, 0.05) is 38.8 Å². The zero-order chi connectivity index (χ0) is 34.6. The van der Waals surface area contributed by atoms with Crippen molar-refractivity contribution in [1.82, 2.24) is 20.0 Å². The number of hydrogen-bond acceptors (Lipinski definition) is 8. The highest BCUT2D eigenvalue weighted by molar-refractivity contribution is 7.07. The van der Waals surface area contributed by atoms with Crippen LogP contribution in [-0.4, -0.2) is 132 Å². The van der Waals surface area contributed by atoms with Gasteiger partial charge in [0.2, 0.25) is 5.91 Å². The predicted octanol–water partition coefficient (Wildman–Crippen LogP) is 2.83. The molecule has 44 heavy (non-hydrogen) atoms. The predicted molar refractivity (Wildman–Crippen MR) is 136 cm³/mol. The molecular weight excluding hydrogens is 647 g/mol. The second-order valence-corrected chi connectivity index (χ2v) is 10.4. The summed E-state index contributed by atoms with van der Waals surface area (Å²) in [6.07, 6.45) is -14.3. The van der Waals surface area contributed by atoms with Crippen LogP contribution in [0.25, 0.3) is 0 Å². The maximum atomic E-state index is 12.4. The molecule has 21 heteroatoms. The van der Waals surface area contributed by atoms with Gasteiger partial charge < -0.3 is 25.5 Å². The monoisotopic (exact) mass is 678 g/mol. The van der Waals surface area contributed by atoms with Crippen molar-refractivity contribution in [1.29, 1.82) is 0 Å². The van der Waals surface area contributed by atoms with Crippen LogP contribution in [0.5, 0.6) is 0 Å². The molecule has 254 valence electrons. The molecule has 1 aromatic rings. The van der Waals surface area contributed by atoms with Gasteiger partial charge in [-0.2, -0.15) is 50.9 Å². The van der Waals surface area contributed by atoms with Gasteiger partial charge in [-0.15, -0.1) is 0 Å². The molecule has 3 atom stereocenters. The number of fused-ring (bicyclic) bond motifs is 1. The molecule has 0 spiro atoms. The van der Waals surface area contributed by atoms with Gasteiger partial charge in [0.25, 0.3) is 0 Å². The Balaban J connectivity index is 0.000000721. The quantitative estimate of drug-likeness (QED) is 0.331. The number of aliphatic carboxylic acids is 3. The Morgan fingerprint density at radius 2 is 1.36 bits per heavy atom. The number of thiophene rings is 1. The van der Waals surface area contributed by atoms with Crippen LogP contribution < -0.4 is 5.32 Å². The molecule has 11 nitrogen and oxygen atoms in total. The molecule has 3 rings (SSSR count). The minimum atomic E-state index is -5.08. The maximum absolute atomic E-state index is 12.4. The molecular formula is C23H31F9N4O7S. The number of rotatable bonds is 6. The molecule has 0 saturated carbocycles. The van der Waals surface area contributed by atoms with E-state index in [1.165, 1.54) is 5.56 Å². The lowest BCUT2D eigenvalue weighted by Crippen LogP contribution is -2.46.